The number of carbonyl (C=O) groups is 2. The van der Waals surface area contributed by atoms with Gasteiger partial charge in [-0.2, -0.15) is 5.26 Å². The number of anilines is 1. The highest BCUT2D eigenvalue weighted by Gasteiger charge is 2.22. The van der Waals surface area contributed by atoms with E-state index >= 15 is 0 Å². The number of thiophene rings is 1. The number of hydrogen-bond acceptors (Lipinski definition) is 7. The van der Waals surface area contributed by atoms with Crippen molar-refractivity contribution in [1.82, 2.24) is 0 Å². The molecule has 1 atom stereocenters. The number of nitrogens with one attached hydrogen (secondary N) is 1. The summed E-state index contributed by atoms with van der Waals surface area (Å²) >= 11 is 1.22. The highest BCUT2D eigenvalue weighted by atomic mass is 32.1. The lowest BCUT2D eigenvalue weighted by molar-refractivity contribution is -0.123. The molecule has 0 aliphatic heterocycles. The molecule has 2 rings (SSSR count). The number of methoxy groups -OCH3 is 2. The summed E-state index contributed by atoms with van der Waals surface area (Å²) in [6, 6.07) is 6.67. The summed E-state index contributed by atoms with van der Waals surface area (Å²) < 4.78 is 15.9. The SMILES string of the molecule is C/C=C/c1cc(C(=O)OC(C)C(=O)Nc2sccc2C#N)cc(OC)c1OC. The highest BCUT2D eigenvalue weighted by Crippen LogP contribution is 2.34. The average molecular weight is 400 g/mol. The average Bonchev–Trinajstić information content (AvgIpc) is 3.14. The Morgan fingerprint density at radius 3 is 2.64 bits per heavy atom. The fourth-order valence-corrected chi connectivity index (χ4v) is 3.15. The van der Waals surface area contributed by atoms with Crippen molar-refractivity contribution in [2.24, 2.45) is 0 Å². The van der Waals surface area contributed by atoms with E-state index in [1.807, 2.05) is 13.0 Å². The van der Waals surface area contributed by atoms with Crippen LogP contribution in [0.4, 0.5) is 5.00 Å². The van der Waals surface area contributed by atoms with E-state index in [1.54, 1.807) is 29.7 Å². The third kappa shape index (κ3) is 4.69. The molecule has 7 nitrogen and oxygen atoms in total. The van der Waals surface area contributed by atoms with E-state index in [-0.39, 0.29) is 5.56 Å². The number of nitriles is 1. The molecule has 0 aliphatic carbocycles. The quantitative estimate of drug-likeness (QED) is 0.709. The van der Waals surface area contributed by atoms with Crippen molar-refractivity contribution in [3.05, 3.63) is 46.3 Å². The first kappa shape index (κ1) is 21.0. The van der Waals surface area contributed by atoms with Gasteiger partial charge >= 0.3 is 5.97 Å². The minimum Gasteiger partial charge on any atom is -0.493 e. The van der Waals surface area contributed by atoms with E-state index in [0.29, 0.717) is 27.6 Å². The Morgan fingerprint density at radius 2 is 2.04 bits per heavy atom. The van der Waals surface area contributed by atoms with Crippen LogP contribution in [0.3, 0.4) is 0 Å². The summed E-state index contributed by atoms with van der Waals surface area (Å²) in [5.41, 5.74) is 1.22. The summed E-state index contributed by atoms with van der Waals surface area (Å²) in [6.07, 6.45) is 2.52. The standard InChI is InChI=1S/C20H20N2O5S/c1-5-6-13-9-15(10-16(25-3)17(13)26-4)20(24)27-12(2)18(23)22-19-14(11-21)7-8-28-19/h5-10,12H,1-4H3,(H,22,23)/b6-5+. The maximum Gasteiger partial charge on any atom is 0.339 e. The molecule has 1 unspecified atom stereocenters. The second-order valence-electron chi connectivity index (χ2n) is 5.61. The van der Waals surface area contributed by atoms with Gasteiger partial charge in [-0.25, -0.2) is 4.79 Å². The van der Waals surface area contributed by atoms with Crippen LogP contribution in [0, 0.1) is 11.3 Å². The molecule has 1 heterocycles. The molecule has 1 aromatic carbocycles. The summed E-state index contributed by atoms with van der Waals surface area (Å²) in [5.74, 6) is -0.341. The third-order valence-corrected chi connectivity index (χ3v) is 4.59. The lowest BCUT2D eigenvalue weighted by Crippen LogP contribution is -2.30. The van der Waals surface area contributed by atoms with Crippen LogP contribution in [0.15, 0.2) is 29.7 Å². The molecular weight excluding hydrogens is 380 g/mol. The van der Waals surface area contributed by atoms with Crippen LogP contribution >= 0.6 is 11.3 Å². The maximum atomic E-state index is 12.5. The van der Waals surface area contributed by atoms with E-state index in [9.17, 15) is 9.59 Å². The topological polar surface area (TPSA) is 97.7 Å². The van der Waals surface area contributed by atoms with Gasteiger partial charge < -0.3 is 19.5 Å². The number of carbonyl (C=O) groups excluding carboxylic acids is 2. The van der Waals surface area contributed by atoms with Crippen molar-refractivity contribution in [3.63, 3.8) is 0 Å². The molecule has 0 fully saturated rings. The Kier molecular flexibility index (Phi) is 7.18. The maximum absolute atomic E-state index is 12.5. The Morgan fingerprint density at radius 1 is 1.29 bits per heavy atom. The van der Waals surface area contributed by atoms with Gasteiger partial charge in [0.05, 0.1) is 25.3 Å². The van der Waals surface area contributed by atoms with Crippen molar-refractivity contribution in [2.75, 3.05) is 19.5 Å². The van der Waals surface area contributed by atoms with Crippen molar-refractivity contribution in [3.8, 4) is 17.6 Å². The van der Waals surface area contributed by atoms with Gasteiger partial charge in [0.25, 0.3) is 5.91 Å². The molecule has 2 aromatic rings. The molecule has 0 aliphatic rings. The minimum atomic E-state index is -1.06. The minimum absolute atomic E-state index is 0.222. The van der Waals surface area contributed by atoms with Gasteiger partial charge in [-0.3, -0.25) is 4.79 Å². The molecule has 0 saturated heterocycles. The normalized spacial score (nSPS) is 11.5. The number of allylic oxidation sites excluding steroid dienone is 1. The summed E-state index contributed by atoms with van der Waals surface area (Å²) in [6.45, 7) is 3.30. The van der Waals surface area contributed by atoms with Gasteiger partial charge in [0.15, 0.2) is 17.6 Å². The Balaban J connectivity index is 2.18. The van der Waals surface area contributed by atoms with E-state index in [1.165, 1.54) is 38.5 Å². The molecule has 0 radical (unpaired) electrons. The Labute approximate surface area is 167 Å². The largest absolute Gasteiger partial charge is 0.493 e. The molecular formula is C20H20N2O5S. The highest BCUT2D eigenvalue weighted by molar-refractivity contribution is 7.14. The molecule has 1 aromatic heterocycles. The molecule has 1 N–H and O–H groups in total. The second-order valence-corrected chi connectivity index (χ2v) is 6.53. The number of ether oxygens (including phenoxy) is 3. The number of nitrogens with zero attached hydrogens (tertiary/aromatic N) is 1. The third-order valence-electron chi connectivity index (χ3n) is 3.76. The van der Waals surface area contributed by atoms with Gasteiger partial charge in [-0.15, -0.1) is 11.3 Å². The zero-order valence-electron chi connectivity index (χ0n) is 15.9. The van der Waals surface area contributed by atoms with E-state index in [2.05, 4.69) is 5.32 Å². The first-order valence-electron chi connectivity index (χ1n) is 8.33. The van der Waals surface area contributed by atoms with E-state index in [0.717, 1.165) is 0 Å². The first-order valence-corrected chi connectivity index (χ1v) is 9.21. The van der Waals surface area contributed by atoms with Crippen LogP contribution in [-0.4, -0.2) is 32.2 Å². The molecule has 0 bridgehead atoms. The summed E-state index contributed by atoms with van der Waals surface area (Å²) in [5, 5.41) is 13.7. The Bertz CT molecular complexity index is 943. The van der Waals surface area contributed by atoms with Crippen molar-refractivity contribution >= 4 is 34.3 Å². The smallest absolute Gasteiger partial charge is 0.339 e. The van der Waals surface area contributed by atoms with E-state index in [4.69, 9.17) is 19.5 Å². The van der Waals surface area contributed by atoms with Crippen LogP contribution in [0.5, 0.6) is 11.5 Å². The van der Waals surface area contributed by atoms with Crippen molar-refractivity contribution < 1.29 is 23.8 Å². The van der Waals surface area contributed by atoms with Crippen LogP contribution in [0.2, 0.25) is 0 Å². The van der Waals surface area contributed by atoms with Gasteiger partial charge in [0, 0.05) is 5.56 Å². The number of benzene rings is 1. The van der Waals surface area contributed by atoms with Crippen LogP contribution in [0.25, 0.3) is 6.08 Å². The lowest BCUT2D eigenvalue weighted by atomic mass is 10.1. The zero-order chi connectivity index (χ0) is 20.7. The molecule has 0 spiro atoms. The van der Waals surface area contributed by atoms with Gasteiger partial charge in [0.1, 0.15) is 11.1 Å². The fraction of sp³-hybridized carbons (Fsp3) is 0.250. The van der Waals surface area contributed by atoms with Crippen LogP contribution < -0.4 is 14.8 Å². The van der Waals surface area contributed by atoms with Crippen LogP contribution in [0.1, 0.15) is 35.3 Å². The van der Waals surface area contributed by atoms with Crippen molar-refractivity contribution in [2.45, 2.75) is 20.0 Å². The van der Waals surface area contributed by atoms with Crippen LogP contribution in [-0.2, 0) is 9.53 Å². The van der Waals surface area contributed by atoms with E-state index < -0.39 is 18.0 Å². The van der Waals surface area contributed by atoms with Crippen molar-refractivity contribution in [1.29, 1.82) is 5.26 Å². The van der Waals surface area contributed by atoms with Gasteiger partial charge in [-0.05, 0) is 37.4 Å². The fourth-order valence-electron chi connectivity index (χ4n) is 2.40. The predicted octanol–water partition coefficient (Wildman–Crippen LogP) is 3.85. The molecule has 1 amide bonds. The Hall–Kier alpha value is -3.31. The molecule has 0 saturated carbocycles. The monoisotopic (exact) mass is 400 g/mol. The summed E-state index contributed by atoms with van der Waals surface area (Å²) in [7, 11) is 2.98. The number of rotatable bonds is 7. The lowest BCUT2D eigenvalue weighted by Gasteiger charge is -2.15. The number of hydrogen-bond donors (Lipinski definition) is 1. The molecule has 146 valence electrons. The van der Waals surface area contributed by atoms with Gasteiger partial charge in [0.2, 0.25) is 0 Å². The zero-order valence-corrected chi connectivity index (χ0v) is 16.8. The number of esters is 1. The number of amides is 1. The second kappa shape index (κ2) is 9.58. The molecule has 8 heteroatoms. The van der Waals surface area contributed by atoms with Gasteiger partial charge in [-0.1, -0.05) is 12.2 Å². The summed E-state index contributed by atoms with van der Waals surface area (Å²) in [4.78, 5) is 24.8. The molecule has 28 heavy (non-hydrogen) atoms. The first-order chi connectivity index (χ1) is 13.4. The predicted molar refractivity (Wildman–Crippen MR) is 107 cm³/mol.